The Morgan fingerprint density at radius 3 is 2.50 bits per heavy atom. The zero-order chi connectivity index (χ0) is 19.9. The molecule has 10 heteroatoms. The van der Waals surface area contributed by atoms with Gasteiger partial charge in [-0.2, -0.15) is 0 Å². The fourth-order valence-corrected chi connectivity index (χ4v) is 2.25. The maximum Gasteiger partial charge on any atom is 0.254 e. The normalized spacial score (nSPS) is 10.4. The van der Waals surface area contributed by atoms with Gasteiger partial charge >= 0.3 is 0 Å². The summed E-state index contributed by atoms with van der Waals surface area (Å²) in [6, 6.07) is 8.62. The number of nitrogens with zero attached hydrogens (tertiary/aromatic N) is 3. The predicted octanol–water partition coefficient (Wildman–Crippen LogP) is 2.87. The molecule has 0 saturated carbocycles. The number of anilines is 3. The quantitative estimate of drug-likeness (QED) is 0.426. The van der Waals surface area contributed by atoms with Gasteiger partial charge in [0.25, 0.3) is 5.91 Å². The van der Waals surface area contributed by atoms with Crippen LogP contribution in [0.5, 0.6) is 0 Å². The molecule has 28 heavy (non-hydrogen) atoms. The third kappa shape index (κ3) is 4.72. The van der Waals surface area contributed by atoms with Crippen molar-refractivity contribution in [2.75, 3.05) is 23.7 Å². The molecule has 3 N–H and O–H groups in total. The minimum absolute atomic E-state index is 0.101. The highest BCUT2D eigenvalue weighted by molar-refractivity contribution is 5.94. The van der Waals surface area contributed by atoms with E-state index in [1.54, 1.807) is 24.4 Å². The summed E-state index contributed by atoms with van der Waals surface area (Å²) in [5, 5.41) is 8.38. The van der Waals surface area contributed by atoms with E-state index in [0.29, 0.717) is 23.5 Å². The highest BCUT2D eigenvalue weighted by Gasteiger charge is 2.18. The molecule has 0 aliphatic heterocycles. The number of amides is 1. The molecule has 3 aromatic rings. The zero-order valence-corrected chi connectivity index (χ0v) is 14.4. The molecule has 0 saturated heterocycles. The predicted molar refractivity (Wildman–Crippen MR) is 96.7 cm³/mol. The van der Waals surface area contributed by atoms with Crippen LogP contribution in [-0.4, -0.2) is 33.9 Å². The van der Waals surface area contributed by atoms with Crippen LogP contribution in [0.4, 0.5) is 30.6 Å². The van der Waals surface area contributed by atoms with Gasteiger partial charge in [-0.15, -0.1) is 0 Å². The summed E-state index contributed by atoms with van der Waals surface area (Å²) in [5.41, 5.74) is -0.567. The third-order valence-electron chi connectivity index (χ3n) is 3.58. The van der Waals surface area contributed by atoms with E-state index in [1.165, 1.54) is 6.33 Å². The van der Waals surface area contributed by atoms with Gasteiger partial charge in [0.1, 0.15) is 23.8 Å². The van der Waals surface area contributed by atoms with Gasteiger partial charge in [0.2, 0.25) is 0 Å². The van der Waals surface area contributed by atoms with Crippen molar-refractivity contribution < 1.29 is 18.0 Å². The van der Waals surface area contributed by atoms with Crippen molar-refractivity contribution >= 4 is 23.4 Å². The van der Waals surface area contributed by atoms with Crippen LogP contribution in [0, 0.1) is 17.5 Å². The van der Waals surface area contributed by atoms with Gasteiger partial charge in [-0.1, -0.05) is 6.07 Å². The minimum atomic E-state index is -1.68. The molecule has 0 radical (unpaired) electrons. The van der Waals surface area contributed by atoms with Gasteiger partial charge in [-0.3, -0.25) is 4.79 Å². The highest BCUT2D eigenvalue weighted by atomic mass is 19.2. The second-order valence-corrected chi connectivity index (χ2v) is 5.53. The molecule has 144 valence electrons. The molecule has 0 fully saturated rings. The van der Waals surface area contributed by atoms with Gasteiger partial charge in [0.05, 0.1) is 5.56 Å². The summed E-state index contributed by atoms with van der Waals surface area (Å²) in [6.45, 7) is 0.362. The van der Waals surface area contributed by atoms with Gasteiger partial charge in [-0.05, 0) is 24.3 Å². The van der Waals surface area contributed by atoms with Gasteiger partial charge < -0.3 is 16.0 Å². The lowest BCUT2D eigenvalue weighted by Gasteiger charge is -2.09. The molecule has 0 spiro atoms. The Bertz CT molecular complexity index is 971. The standard InChI is InChI=1S/C18H15F3N6O/c19-12-5-4-11(16(20)17(12)21)18(28)24-8-7-23-14-9-15(26-10-25-14)27-13-3-1-2-6-22-13/h1-6,9-10H,7-8H2,(H,24,28)(H2,22,23,25,26,27). The monoisotopic (exact) mass is 388 g/mol. The topological polar surface area (TPSA) is 91.8 Å². The van der Waals surface area contributed by atoms with E-state index < -0.39 is 28.9 Å². The maximum atomic E-state index is 13.6. The van der Waals surface area contributed by atoms with Crippen LogP contribution in [0.3, 0.4) is 0 Å². The second kappa shape index (κ2) is 8.80. The van der Waals surface area contributed by atoms with Crippen molar-refractivity contribution in [3.8, 4) is 0 Å². The SMILES string of the molecule is O=C(NCCNc1cc(Nc2ccccn2)ncn1)c1ccc(F)c(F)c1F. The van der Waals surface area contributed by atoms with E-state index in [0.717, 1.165) is 6.07 Å². The Hall–Kier alpha value is -3.69. The second-order valence-electron chi connectivity index (χ2n) is 5.53. The fourth-order valence-electron chi connectivity index (χ4n) is 2.25. The number of nitrogens with one attached hydrogen (secondary N) is 3. The molecule has 7 nitrogen and oxygen atoms in total. The first-order valence-electron chi connectivity index (χ1n) is 8.20. The first-order chi connectivity index (χ1) is 13.5. The molecule has 0 unspecified atom stereocenters. The van der Waals surface area contributed by atoms with E-state index in [9.17, 15) is 18.0 Å². The van der Waals surface area contributed by atoms with Crippen molar-refractivity contribution in [2.45, 2.75) is 0 Å². The Morgan fingerprint density at radius 1 is 0.893 bits per heavy atom. The van der Waals surface area contributed by atoms with Gasteiger partial charge in [0, 0.05) is 25.4 Å². The molecule has 0 atom stereocenters. The van der Waals surface area contributed by atoms with Crippen molar-refractivity contribution in [1.29, 1.82) is 0 Å². The van der Waals surface area contributed by atoms with Crippen LogP contribution >= 0.6 is 0 Å². The first kappa shape index (κ1) is 19.1. The fraction of sp³-hybridized carbons (Fsp3) is 0.111. The summed E-state index contributed by atoms with van der Waals surface area (Å²) in [7, 11) is 0. The van der Waals surface area contributed by atoms with E-state index >= 15 is 0 Å². The van der Waals surface area contributed by atoms with E-state index in [1.807, 2.05) is 6.07 Å². The molecule has 0 aliphatic carbocycles. The van der Waals surface area contributed by atoms with Crippen molar-refractivity contribution in [3.05, 3.63) is 71.9 Å². The number of pyridine rings is 1. The van der Waals surface area contributed by atoms with Crippen LogP contribution in [-0.2, 0) is 0 Å². The van der Waals surface area contributed by atoms with Crippen LogP contribution in [0.15, 0.2) is 48.9 Å². The largest absolute Gasteiger partial charge is 0.368 e. The highest BCUT2D eigenvalue weighted by Crippen LogP contribution is 2.15. The van der Waals surface area contributed by atoms with E-state index in [-0.39, 0.29) is 13.1 Å². The lowest BCUT2D eigenvalue weighted by Crippen LogP contribution is -2.29. The van der Waals surface area contributed by atoms with Gasteiger partial charge in [0.15, 0.2) is 17.5 Å². The number of carbonyl (C=O) groups is 1. The number of benzene rings is 1. The van der Waals surface area contributed by atoms with Crippen molar-refractivity contribution in [1.82, 2.24) is 20.3 Å². The molecule has 2 heterocycles. The summed E-state index contributed by atoms with van der Waals surface area (Å²) < 4.78 is 39.7. The Morgan fingerprint density at radius 2 is 1.71 bits per heavy atom. The molecule has 3 rings (SSSR count). The molecular weight excluding hydrogens is 373 g/mol. The smallest absolute Gasteiger partial charge is 0.254 e. The Balaban J connectivity index is 1.51. The summed E-state index contributed by atoms with van der Waals surface area (Å²) in [4.78, 5) is 24.1. The van der Waals surface area contributed by atoms with E-state index in [4.69, 9.17) is 0 Å². The average Bonchev–Trinajstić information content (AvgIpc) is 2.70. The number of rotatable bonds is 7. The number of hydrogen-bond donors (Lipinski definition) is 3. The molecule has 1 amide bonds. The molecular formula is C18H15F3N6O. The van der Waals surface area contributed by atoms with Crippen molar-refractivity contribution in [3.63, 3.8) is 0 Å². The number of carbonyl (C=O) groups excluding carboxylic acids is 1. The third-order valence-corrected chi connectivity index (χ3v) is 3.58. The molecule has 0 bridgehead atoms. The molecule has 2 aromatic heterocycles. The number of halogens is 3. The average molecular weight is 388 g/mol. The number of hydrogen-bond acceptors (Lipinski definition) is 6. The first-order valence-corrected chi connectivity index (χ1v) is 8.20. The lowest BCUT2D eigenvalue weighted by molar-refractivity contribution is 0.0950. The van der Waals surface area contributed by atoms with Crippen LogP contribution < -0.4 is 16.0 Å². The number of aromatic nitrogens is 3. The molecule has 0 aliphatic rings. The lowest BCUT2D eigenvalue weighted by atomic mass is 10.2. The minimum Gasteiger partial charge on any atom is -0.368 e. The van der Waals surface area contributed by atoms with Crippen molar-refractivity contribution in [2.24, 2.45) is 0 Å². The summed E-state index contributed by atoms with van der Waals surface area (Å²) >= 11 is 0. The summed E-state index contributed by atoms with van der Waals surface area (Å²) in [5.74, 6) is -3.78. The van der Waals surface area contributed by atoms with Gasteiger partial charge in [-0.25, -0.2) is 28.1 Å². The maximum absolute atomic E-state index is 13.6. The van der Waals surface area contributed by atoms with E-state index in [2.05, 4.69) is 30.9 Å². The van der Waals surface area contributed by atoms with Crippen LogP contribution in [0.2, 0.25) is 0 Å². The van der Waals surface area contributed by atoms with Crippen LogP contribution in [0.1, 0.15) is 10.4 Å². The summed E-state index contributed by atoms with van der Waals surface area (Å²) in [6.07, 6.45) is 2.99. The zero-order valence-electron chi connectivity index (χ0n) is 14.4. The molecule has 1 aromatic carbocycles. The Kier molecular flexibility index (Phi) is 6.00. The van der Waals surface area contributed by atoms with Crippen LogP contribution in [0.25, 0.3) is 0 Å². The Labute approximate surface area is 158 Å².